The SMILES string of the molecule is CCCC1(C)NC(=O)N(Cc2ccc(OC)c(C#N)c2)C1=O. The molecule has 0 bridgehead atoms. The Morgan fingerprint density at radius 2 is 2.14 bits per heavy atom. The summed E-state index contributed by atoms with van der Waals surface area (Å²) < 4.78 is 5.09. The smallest absolute Gasteiger partial charge is 0.325 e. The van der Waals surface area contributed by atoms with E-state index in [2.05, 4.69) is 5.32 Å². The number of imide groups is 1. The van der Waals surface area contributed by atoms with Gasteiger partial charge < -0.3 is 10.1 Å². The Hall–Kier alpha value is -2.55. The lowest BCUT2D eigenvalue weighted by atomic mass is 9.96. The summed E-state index contributed by atoms with van der Waals surface area (Å²) in [5.41, 5.74) is 0.251. The molecule has 116 valence electrons. The summed E-state index contributed by atoms with van der Waals surface area (Å²) in [6.07, 6.45) is 1.40. The van der Waals surface area contributed by atoms with Gasteiger partial charge in [-0.1, -0.05) is 19.4 Å². The van der Waals surface area contributed by atoms with Gasteiger partial charge in [0.2, 0.25) is 0 Å². The van der Waals surface area contributed by atoms with E-state index in [4.69, 9.17) is 10.00 Å². The number of nitrogens with zero attached hydrogens (tertiary/aromatic N) is 2. The molecular weight excluding hydrogens is 282 g/mol. The molecule has 3 amide bonds. The quantitative estimate of drug-likeness (QED) is 0.845. The number of rotatable bonds is 5. The second-order valence-electron chi connectivity index (χ2n) is 5.55. The fraction of sp³-hybridized carbons (Fsp3) is 0.438. The lowest BCUT2D eigenvalue weighted by molar-refractivity contribution is -0.131. The summed E-state index contributed by atoms with van der Waals surface area (Å²) in [7, 11) is 1.49. The molecule has 1 N–H and O–H groups in total. The highest BCUT2D eigenvalue weighted by Gasteiger charge is 2.46. The molecule has 1 atom stereocenters. The van der Waals surface area contributed by atoms with Crippen LogP contribution in [-0.2, 0) is 11.3 Å². The van der Waals surface area contributed by atoms with E-state index in [-0.39, 0.29) is 12.5 Å². The zero-order valence-corrected chi connectivity index (χ0v) is 13.0. The number of ether oxygens (including phenoxy) is 1. The standard InChI is InChI=1S/C16H19N3O3/c1-4-7-16(2)14(20)19(15(21)18-16)10-11-5-6-13(22-3)12(8-11)9-17/h5-6,8H,4,7,10H2,1-3H3,(H,18,21). The molecule has 1 aliphatic heterocycles. The molecule has 1 aliphatic rings. The maximum Gasteiger partial charge on any atom is 0.325 e. The maximum absolute atomic E-state index is 12.5. The lowest BCUT2D eigenvalue weighted by Crippen LogP contribution is -2.43. The van der Waals surface area contributed by atoms with Gasteiger partial charge in [-0.2, -0.15) is 5.26 Å². The fourth-order valence-electron chi connectivity index (χ4n) is 2.68. The van der Waals surface area contributed by atoms with E-state index in [0.717, 1.165) is 6.42 Å². The molecule has 1 aromatic rings. The number of benzene rings is 1. The van der Waals surface area contributed by atoms with Gasteiger partial charge in [0, 0.05) is 0 Å². The average Bonchev–Trinajstić information content (AvgIpc) is 2.71. The molecule has 2 rings (SSSR count). The van der Waals surface area contributed by atoms with E-state index in [1.54, 1.807) is 25.1 Å². The van der Waals surface area contributed by atoms with E-state index in [9.17, 15) is 9.59 Å². The van der Waals surface area contributed by atoms with Crippen molar-refractivity contribution in [1.29, 1.82) is 5.26 Å². The first-order valence-electron chi connectivity index (χ1n) is 7.16. The molecule has 0 spiro atoms. The van der Waals surface area contributed by atoms with Crippen molar-refractivity contribution in [1.82, 2.24) is 10.2 Å². The molecule has 0 saturated carbocycles. The largest absolute Gasteiger partial charge is 0.495 e. The summed E-state index contributed by atoms with van der Waals surface area (Å²) in [6.45, 7) is 3.85. The molecule has 1 unspecified atom stereocenters. The van der Waals surface area contributed by atoms with Crippen LogP contribution in [0.1, 0.15) is 37.8 Å². The summed E-state index contributed by atoms with van der Waals surface area (Å²) in [6, 6.07) is 6.69. The summed E-state index contributed by atoms with van der Waals surface area (Å²) in [5, 5.41) is 11.9. The average molecular weight is 301 g/mol. The second-order valence-corrected chi connectivity index (χ2v) is 5.55. The second kappa shape index (κ2) is 6.06. The Morgan fingerprint density at radius 3 is 2.73 bits per heavy atom. The number of nitriles is 1. The zero-order valence-electron chi connectivity index (χ0n) is 13.0. The van der Waals surface area contributed by atoms with Crippen molar-refractivity contribution in [2.24, 2.45) is 0 Å². The van der Waals surface area contributed by atoms with Crippen LogP contribution in [0.2, 0.25) is 0 Å². The first kappa shape index (κ1) is 15.8. The van der Waals surface area contributed by atoms with Crippen LogP contribution >= 0.6 is 0 Å². The highest BCUT2D eigenvalue weighted by molar-refractivity contribution is 6.06. The molecule has 22 heavy (non-hydrogen) atoms. The van der Waals surface area contributed by atoms with Crippen molar-refractivity contribution < 1.29 is 14.3 Å². The molecular formula is C16H19N3O3. The van der Waals surface area contributed by atoms with Gasteiger partial charge >= 0.3 is 6.03 Å². The Balaban J connectivity index is 2.23. The molecule has 0 aliphatic carbocycles. The number of urea groups is 1. The van der Waals surface area contributed by atoms with Crippen LogP contribution in [0.5, 0.6) is 5.75 Å². The van der Waals surface area contributed by atoms with Crippen LogP contribution in [0.4, 0.5) is 4.79 Å². The highest BCUT2D eigenvalue weighted by atomic mass is 16.5. The number of carbonyl (C=O) groups is 2. The highest BCUT2D eigenvalue weighted by Crippen LogP contribution is 2.25. The van der Waals surface area contributed by atoms with Gasteiger partial charge in [0.25, 0.3) is 5.91 Å². The van der Waals surface area contributed by atoms with Crippen molar-refractivity contribution in [3.8, 4) is 11.8 Å². The fourth-order valence-corrected chi connectivity index (χ4v) is 2.68. The van der Waals surface area contributed by atoms with Crippen molar-refractivity contribution in [3.05, 3.63) is 29.3 Å². The van der Waals surface area contributed by atoms with Gasteiger partial charge in [-0.05, 0) is 31.0 Å². The molecule has 0 aromatic heterocycles. The topological polar surface area (TPSA) is 82.4 Å². The Labute approximate surface area is 129 Å². The van der Waals surface area contributed by atoms with E-state index in [0.29, 0.717) is 23.3 Å². The molecule has 6 heteroatoms. The van der Waals surface area contributed by atoms with Gasteiger partial charge in [-0.15, -0.1) is 0 Å². The van der Waals surface area contributed by atoms with E-state index < -0.39 is 11.6 Å². The van der Waals surface area contributed by atoms with Crippen molar-refractivity contribution in [2.75, 3.05) is 7.11 Å². The third kappa shape index (κ3) is 2.75. The molecule has 1 fully saturated rings. The van der Waals surface area contributed by atoms with Gasteiger partial charge in [-0.3, -0.25) is 9.69 Å². The van der Waals surface area contributed by atoms with Crippen LogP contribution in [-0.4, -0.2) is 29.5 Å². The van der Waals surface area contributed by atoms with E-state index in [1.807, 2.05) is 13.0 Å². The van der Waals surface area contributed by atoms with Crippen LogP contribution in [0.25, 0.3) is 0 Å². The molecule has 6 nitrogen and oxygen atoms in total. The minimum Gasteiger partial charge on any atom is -0.495 e. The molecule has 1 heterocycles. The number of amides is 3. The Kier molecular flexibility index (Phi) is 4.36. The minimum absolute atomic E-state index is 0.142. The monoisotopic (exact) mass is 301 g/mol. The number of carbonyl (C=O) groups excluding carboxylic acids is 2. The normalized spacial score (nSPS) is 20.7. The molecule has 1 aromatic carbocycles. The predicted octanol–water partition coefficient (Wildman–Crippen LogP) is 2.18. The predicted molar refractivity (Wildman–Crippen MR) is 80.1 cm³/mol. The van der Waals surface area contributed by atoms with Crippen molar-refractivity contribution >= 4 is 11.9 Å². The molecule has 0 radical (unpaired) electrons. The number of nitrogens with one attached hydrogen (secondary N) is 1. The summed E-state index contributed by atoms with van der Waals surface area (Å²) in [4.78, 5) is 25.7. The van der Waals surface area contributed by atoms with Gasteiger partial charge in [-0.25, -0.2) is 4.79 Å². The lowest BCUT2D eigenvalue weighted by Gasteiger charge is -2.20. The van der Waals surface area contributed by atoms with Crippen molar-refractivity contribution in [2.45, 2.75) is 38.8 Å². The van der Waals surface area contributed by atoms with Crippen LogP contribution < -0.4 is 10.1 Å². The summed E-state index contributed by atoms with van der Waals surface area (Å²) >= 11 is 0. The number of hydrogen-bond acceptors (Lipinski definition) is 4. The van der Waals surface area contributed by atoms with Crippen LogP contribution in [0, 0.1) is 11.3 Å². The van der Waals surface area contributed by atoms with E-state index in [1.165, 1.54) is 12.0 Å². The number of methoxy groups -OCH3 is 1. The Morgan fingerprint density at radius 1 is 1.41 bits per heavy atom. The Bertz CT molecular complexity index is 651. The van der Waals surface area contributed by atoms with Crippen LogP contribution in [0.15, 0.2) is 18.2 Å². The van der Waals surface area contributed by atoms with Gasteiger partial charge in [0.15, 0.2) is 0 Å². The van der Waals surface area contributed by atoms with Crippen molar-refractivity contribution in [3.63, 3.8) is 0 Å². The maximum atomic E-state index is 12.5. The van der Waals surface area contributed by atoms with E-state index >= 15 is 0 Å². The van der Waals surface area contributed by atoms with Gasteiger partial charge in [0.1, 0.15) is 17.4 Å². The number of hydrogen-bond donors (Lipinski definition) is 1. The zero-order chi connectivity index (χ0) is 16.3. The van der Waals surface area contributed by atoms with Gasteiger partial charge in [0.05, 0.1) is 19.2 Å². The minimum atomic E-state index is -0.837. The first-order valence-corrected chi connectivity index (χ1v) is 7.16. The van der Waals surface area contributed by atoms with Crippen LogP contribution in [0.3, 0.4) is 0 Å². The molecule has 1 saturated heterocycles. The first-order chi connectivity index (χ1) is 10.4. The third-order valence-electron chi connectivity index (χ3n) is 3.82. The third-order valence-corrected chi connectivity index (χ3v) is 3.82. The summed E-state index contributed by atoms with van der Waals surface area (Å²) in [5.74, 6) is 0.243.